The maximum Gasteiger partial charge on any atom is 0.316 e. The molecule has 5 nitrogen and oxygen atoms in total. The number of amides is 3. The lowest BCUT2D eigenvalue weighted by molar-refractivity contribution is -0.125. The Labute approximate surface area is 124 Å². The van der Waals surface area contributed by atoms with Gasteiger partial charge in [0.1, 0.15) is 0 Å². The molecule has 0 spiro atoms. The fraction of sp³-hybridized carbons (Fsp3) is 0.500. The normalized spacial score (nSPS) is 27.6. The fourth-order valence-electron chi connectivity index (χ4n) is 3.34. The summed E-state index contributed by atoms with van der Waals surface area (Å²) >= 11 is 0. The van der Waals surface area contributed by atoms with E-state index in [1.165, 1.54) is 6.42 Å². The number of nitrogens with one attached hydrogen (secondary N) is 2. The van der Waals surface area contributed by atoms with Gasteiger partial charge in [-0.15, -0.1) is 0 Å². The molecule has 3 unspecified atom stereocenters. The number of anilines is 1. The highest BCUT2D eigenvalue weighted by atomic mass is 16.2. The SMILES string of the molecule is CC(NC(=O)C1CC2CC2C1)c1ccc(NC(N)=O)cc1. The van der Waals surface area contributed by atoms with Crippen LogP contribution in [0, 0.1) is 17.8 Å². The molecule has 2 fully saturated rings. The zero-order chi connectivity index (χ0) is 15.0. The monoisotopic (exact) mass is 287 g/mol. The molecular formula is C16H21N3O2. The molecule has 0 saturated heterocycles. The topological polar surface area (TPSA) is 84.2 Å². The Morgan fingerprint density at radius 3 is 2.33 bits per heavy atom. The predicted molar refractivity (Wildman–Crippen MR) is 80.5 cm³/mol. The van der Waals surface area contributed by atoms with Gasteiger partial charge in [-0.2, -0.15) is 0 Å². The minimum atomic E-state index is -0.580. The minimum absolute atomic E-state index is 0.0305. The quantitative estimate of drug-likeness (QED) is 0.794. The summed E-state index contributed by atoms with van der Waals surface area (Å²) in [4.78, 5) is 23.0. The summed E-state index contributed by atoms with van der Waals surface area (Å²) in [6, 6.07) is 6.74. The number of carbonyl (C=O) groups excluding carboxylic acids is 2. The first kappa shape index (κ1) is 13.9. The molecule has 2 aliphatic carbocycles. The number of benzene rings is 1. The van der Waals surface area contributed by atoms with Crippen LogP contribution >= 0.6 is 0 Å². The van der Waals surface area contributed by atoms with E-state index >= 15 is 0 Å². The van der Waals surface area contributed by atoms with Gasteiger partial charge in [0.25, 0.3) is 0 Å². The molecule has 0 bridgehead atoms. The summed E-state index contributed by atoms with van der Waals surface area (Å²) in [6.07, 6.45) is 3.45. The van der Waals surface area contributed by atoms with Gasteiger partial charge < -0.3 is 16.4 Å². The highest BCUT2D eigenvalue weighted by Crippen LogP contribution is 2.54. The number of fused-ring (bicyclic) bond motifs is 1. The van der Waals surface area contributed by atoms with Crippen LogP contribution in [0.1, 0.15) is 37.8 Å². The Balaban J connectivity index is 1.55. The molecule has 4 N–H and O–H groups in total. The molecule has 2 saturated carbocycles. The Morgan fingerprint density at radius 2 is 1.76 bits per heavy atom. The summed E-state index contributed by atoms with van der Waals surface area (Å²) < 4.78 is 0. The number of rotatable bonds is 4. The zero-order valence-corrected chi connectivity index (χ0v) is 12.1. The zero-order valence-electron chi connectivity index (χ0n) is 12.1. The molecule has 0 aromatic heterocycles. The molecule has 0 heterocycles. The van der Waals surface area contributed by atoms with E-state index in [9.17, 15) is 9.59 Å². The van der Waals surface area contributed by atoms with Crippen molar-refractivity contribution in [1.82, 2.24) is 5.32 Å². The number of carbonyl (C=O) groups is 2. The highest BCUT2D eigenvalue weighted by Gasteiger charge is 2.48. The van der Waals surface area contributed by atoms with Crippen molar-refractivity contribution in [2.45, 2.75) is 32.2 Å². The van der Waals surface area contributed by atoms with Crippen LogP contribution in [-0.4, -0.2) is 11.9 Å². The molecular weight excluding hydrogens is 266 g/mol. The molecule has 1 aromatic carbocycles. The average molecular weight is 287 g/mol. The minimum Gasteiger partial charge on any atom is -0.351 e. The van der Waals surface area contributed by atoms with Crippen LogP contribution in [0.3, 0.4) is 0 Å². The van der Waals surface area contributed by atoms with Crippen molar-refractivity contribution < 1.29 is 9.59 Å². The van der Waals surface area contributed by atoms with Crippen molar-refractivity contribution in [3.05, 3.63) is 29.8 Å². The first-order valence-electron chi connectivity index (χ1n) is 7.49. The number of nitrogens with two attached hydrogens (primary N) is 1. The van der Waals surface area contributed by atoms with Crippen LogP contribution in [-0.2, 0) is 4.79 Å². The number of primary amides is 1. The molecule has 0 aliphatic heterocycles. The van der Waals surface area contributed by atoms with Gasteiger partial charge >= 0.3 is 6.03 Å². The molecule has 112 valence electrons. The summed E-state index contributed by atoms with van der Waals surface area (Å²) in [5.41, 5.74) is 6.73. The second kappa shape index (κ2) is 5.39. The second-order valence-corrected chi connectivity index (χ2v) is 6.27. The standard InChI is InChI=1S/C16H21N3O2/c1-9(10-2-4-14(5-3-10)19-16(17)21)18-15(20)13-7-11-6-12(11)8-13/h2-5,9,11-13H,6-8H2,1H3,(H,18,20)(H3,17,19,21). The first-order chi connectivity index (χ1) is 10.0. The average Bonchev–Trinajstić information content (AvgIpc) is 3.05. The van der Waals surface area contributed by atoms with Crippen LogP contribution < -0.4 is 16.4 Å². The van der Waals surface area contributed by atoms with Crippen LogP contribution in [0.25, 0.3) is 0 Å². The van der Waals surface area contributed by atoms with Crippen LogP contribution in [0.4, 0.5) is 10.5 Å². The van der Waals surface area contributed by atoms with E-state index < -0.39 is 6.03 Å². The molecule has 1 aromatic rings. The lowest BCUT2D eigenvalue weighted by atomic mass is 10.0. The molecule has 3 rings (SSSR count). The first-order valence-corrected chi connectivity index (χ1v) is 7.49. The van der Waals surface area contributed by atoms with Gasteiger partial charge in [-0.25, -0.2) is 4.79 Å². The van der Waals surface area contributed by atoms with Gasteiger partial charge in [-0.05, 0) is 55.7 Å². The van der Waals surface area contributed by atoms with Crippen molar-refractivity contribution in [2.75, 3.05) is 5.32 Å². The van der Waals surface area contributed by atoms with Crippen molar-refractivity contribution in [3.63, 3.8) is 0 Å². The molecule has 2 aliphatic rings. The lowest BCUT2D eigenvalue weighted by Gasteiger charge is -2.18. The summed E-state index contributed by atoms with van der Waals surface area (Å²) in [5.74, 6) is 2.01. The summed E-state index contributed by atoms with van der Waals surface area (Å²) in [6.45, 7) is 1.98. The molecule has 0 radical (unpaired) electrons. The smallest absolute Gasteiger partial charge is 0.316 e. The van der Waals surface area contributed by atoms with Crippen molar-refractivity contribution in [3.8, 4) is 0 Å². The van der Waals surface area contributed by atoms with Gasteiger partial charge in [0.15, 0.2) is 0 Å². The fourth-order valence-corrected chi connectivity index (χ4v) is 3.34. The molecule has 5 heteroatoms. The second-order valence-electron chi connectivity index (χ2n) is 6.27. The molecule has 21 heavy (non-hydrogen) atoms. The van der Waals surface area contributed by atoms with Gasteiger partial charge in [0.05, 0.1) is 6.04 Å². The Morgan fingerprint density at radius 1 is 1.14 bits per heavy atom. The van der Waals surface area contributed by atoms with Gasteiger partial charge in [0.2, 0.25) is 5.91 Å². The van der Waals surface area contributed by atoms with E-state index in [1.807, 2.05) is 19.1 Å². The van der Waals surface area contributed by atoms with E-state index in [0.717, 1.165) is 30.2 Å². The van der Waals surface area contributed by atoms with Gasteiger partial charge in [0, 0.05) is 11.6 Å². The van der Waals surface area contributed by atoms with E-state index in [0.29, 0.717) is 5.69 Å². The summed E-state index contributed by atoms with van der Waals surface area (Å²) in [5, 5.41) is 5.61. The third-order valence-electron chi connectivity index (χ3n) is 4.65. The van der Waals surface area contributed by atoms with Crippen LogP contribution in [0.2, 0.25) is 0 Å². The maximum atomic E-state index is 12.2. The summed E-state index contributed by atoms with van der Waals surface area (Å²) in [7, 11) is 0. The predicted octanol–water partition coefficient (Wildman–Crippen LogP) is 2.40. The van der Waals surface area contributed by atoms with E-state index in [2.05, 4.69) is 10.6 Å². The van der Waals surface area contributed by atoms with Gasteiger partial charge in [-0.1, -0.05) is 12.1 Å². The Hall–Kier alpha value is -2.04. The number of hydrogen-bond donors (Lipinski definition) is 3. The third kappa shape index (κ3) is 3.17. The highest BCUT2D eigenvalue weighted by molar-refractivity contribution is 5.87. The third-order valence-corrected chi connectivity index (χ3v) is 4.65. The van der Waals surface area contributed by atoms with E-state index in [1.54, 1.807) is 12.1 Å². The van der Waals surface area contributed by atoms with Gasteiger partial charge in [-0.3, -0.25) is 4.79 Å². The van der Waals surface area contributed by atoms with Crippen LogP contribution in [0.15, 0.2) is 24.3 Å². The lowest BCUT2D eigenvalue weighted by Crippen LogP contribution is -2.32. The maximum absolute atomic E-state index is 12.2. The Bertz CT molecular complexity index is 545. The molecule has 3 amide bonds. The van der Waals surface area contributed by atoms with Crippen molar-refractivity contribution in [1.29, 1.82) is 0 Å². The largest absolute Gasteiger partial charge is 0.351 e. The van der Waals surface area contributed by atoms with Crippen LogP contribution in [0.5, 0.6) is 0 Å². The van der Waals surface area contributed by atoms with Crippen molar-refractivity contribution >= 4 is 17.6 Å². The number of hydrogen-bond acceptors (Lipinski definition) is 2. The molecule has 3 atom stereocenters. The van der Waals surface area contributed by atoms with Crippen molar-refractivity contribution in [2.24, 2.45) is 23.5 Å². The van der Waals surface area contributed by atoms with E-state index in [-0.39, 0.29) is 17.9 Å². The Kier molecular flexibility index (Phi) is 3.57. The van der Waals surface area contributed by atoms with E-state index in [4.69, 9.17) is 5.73 Å². The number of urea groups is 1.